The van der Waals surface area contributed by atoms with Crippen LogP contribution >= 0.6 is 0 Å². The van der Waals surface area contributed by atoms with Gasteiger partial charge in [-0.1, -0.05) is 14.6 Å². The predicted octanol–water partition coefficient (Wildman–Crippen LogP) is -0.697. The minimum atomic E-state index is 0. The van der Waals surface area contributed by atoms with Gasteiger partial charge in [-0.2, -0.15) is 0 Å². The molecule has 0 saturated heterocycles. The summed E-state index contributed by atoms with van der Waals surface area (Å²) in [4.78, 5) is 0. The Morgan fingerprint density at radius 2 is 0.818 bits per heavy atom. The average Bonchev–Trinajstić information content (AvgIpc) is 1.93. The molecule has 11 heavy (non-hydrogen) atoms. The summed E-state index contributed by atoms with van der Waals surface area (Å²) in [6, 6.07) is 0. The molecule has 0 N–H and O–H groups in total. The quantitative estimate of drug-likeness (QED) is 0.465. The van der Waals surface area contributed by atoms with E-state index in [-0.39, 0.29) is 16.5 Å². The van der Waals surface area contributed by atoms with E-state index >= 15 is 0 Å². The fourth-order valence-electron chi connectivity index (χ4n) is 0.0577. The molecular formula is C4B2N4Ni. The van der Waals surface area contributed by atoms with Crippen LogP contribution in [-0.4, -0.2) is 14.6 Å². The van der Waals surface area contributed by atoms with Crippen molar-refractivity contribution in [3.8, 4) is 23.9 Å². The molecule has 0 aromatic rings. The van der Waals surface area contributed by atoms with Gasteiger partial charge in [-0.15, -0.1) is 0 Å². The van der Waals surface area contributed by atoms with E-state index in [4.69, 9.17) is 21.0 Å². The predicted molar refractivity (Wildman–Crippen MR) is 34.0 cm³/mol. The van der Waals surface area contributed by atoms with Gasteiger partial charge >= 0.3 is 16.5 Å². The van der Waals surface area contributed by atoms with Crippen LogP contribution in [0.25, 0.3) is 0 Å². The van der Waals surface area contributed by atoms with Crippen molar-refractivity contribution in [2.45, 2.75) is 0 Å². The molecule has 0 spiro atoms. The SMILES string of the molecule is N#C[B-]C#N.N#C[B-]C#N.[Ni+2]. The molecule has 0 aromatic heterocycles. The summed E-state index contributed by atoms with van der Waals surface area (Å²) in [5, 5.41) is 30.2. The molecule has 0 aliphatic carbocycles. The Morgan fingerprint density at radius 1 is 0.636 bits per heavy atom. The van der Waals surface area contributed by atoms with E-state index in [2.05, 4.69) is 0 Å². The topological polar surface area (TPSA) is 95.2 Å². The Labute approximate surface area is 76.4 Å². The molecule has 0 bridgehead atoms. The molecule has 4 radical (unpaired) electrons. The monoisotopic (exact) mass is 184 g/mol. The van der Waals surface area contributed by atoms with Crippen molar-refractivity contribution in [3.05, 3.63) is 0 Å². The molecule has 0 atom stereocenters. The first kappa shape index (κ1) is 16.3. The molecule has 52 valence electrons. The van der Waals surface area contributed by atoms with Gasteiger partial charge in [0.1, 0.15) is 0 Å². The second-order valence-corrected chi connectivity index (χ2v) is 0.805. The third-order valence-electron chi connectivity index (χ3n) is 0.258. The molecule has 4 nitrogen and oxygen atoms in total. The summed E-state index contributed by atoms with van der Waals surface area (Å²) in [6.45, 7) is 0. The van der Waals surface area contributed by atoms with Crippen LogP contribution in [0.1, 0.15) is 0 Å². The van der Waals surface area contributed by atoms with Crippen LogP contribution in [0, 0.1) is 44.9 Å². The number of hydrogen-bond donors (Lipinski definition) is 0. The smallest absolute Gasteiger partial charge is 0.255 e. The van der Waals surface area contributed by atoms with E-state index in [0.717, 1.165) is 14.6 Å². The zero-order valence-corrected chi connectivity index (χ0v) is 6.25. The van der Waals surface area contributed by atoms with Gasteiger partial charge in [0, 0.05) is 0 Å². The molecule has 0 unspecified atom stereocenters. The fourth-order valence-corrected chi connectivity index (χ4v) is 0.0577. The van der Waals surface area contributed by atoms with Gasteiger partial charge in [-0.05, 0) is 0 Å². The van der Waals surface area contributed by atoms with Gasteiger partial charge in [0.05, 0.1) is 0 Å². The maximum Gasteiger partial charge on any atom is 2.00 e. The maximum absolute atomic E-state index is 7.54. The van der Waals surface area contributed by atoms with E-state index in [1.54, 1.807) is 0 Å². The van der Waals surface area contributed by atoms with E-state index < -0.39 is 0 Å². The molecule has 7 heteroatoms. The fraction of sp³-hybridized carbons (Fsp3) is 0. The Balaban J connectivity index is -0.000000107. The van der Waals surface area contributed by atoms with Crippen LogP contribution in [0.4, 0.5) is 0 Å². The van der Waals surface area contributed by atoms with Gasteiger partial charge in [0.25, 0.3) is 0 Å². The number of nitrogens with zero attached hydrogens (tertiary/aromatic N) is 4. The molecule has 0 aliphatic heterocycles. The minimum Gasteiger partial charge on any atom is -0.255 e. The molecule has 0 rings (SSSR count). The zero-order chi connectivity index (χ0) is 8.24. The van der Waals surface area contributed by atoms with Gasteiger partial charge in [0.15, 0.2) is 0 Å². The Morgan fingerprint density at radius 3 is 0.818 bits per heavy atom. The first-order valence-electron chi connectivity index (χ1n) is 2.05. The average molecular weight is 184 g/mol. The van der Waals surface area contributed by atoms with Crippen molar-refractivity contribution in [1.82, 2.24) is 0 Å². The second kappa shape index (κ2) is 23.5. The zero-order valence-electron chi connectivity index (χ0n) is 5.26. The van der Waals surface area contributed by atoms with Crippen molar-refractivity contribution in [2.24, 2.45) is 0 Å². The Hall–Kier alpha value is -1.42. The van der Waals surface area contributed by atoms with Gasteiger partial charge < -0.3 is 0 Å². The van der Waals surface area contributed by atoms with Gasteiger partial charge in [-0.3, -0.25) is 21.0 Å². The molecular weight excluding hydrogens is 184 g/mol. The minimum absolute atomic E-state index is 0. The van der Waals surface area contributed by atoms with E-state index in [0.29, 0.717) is 0 Å². The Bertz CT molecular complexity index is 176. The van der Waals surface area contributed by atoms with Crippen molar-refractivity contribution in [2.75, 3.05) is 0 Å². The second-order valence-electron chi connectivity index (χ2n) is 0.805. The third-order valence-corrected chi connectivity index (χ3v) is 0.258. The van der Waals surface area contributed by atoms with E-state index in [9.17, 15) is 0 Å². The van der Waals surface area contributed by atoms with E-state index in [1.165, 1.54) is 23.9 Å². The molecule has 0 aliphatic rings. The van der Waals surface area contributed by atoms with Crippen LogP contribution in [-0.2, 0) is 16.5 Å². The molecule has 0 fully saturated rings. The van der Waals surface area contributed by atoms with Crippen LogP contribution in [0.5, 0.6) is 0 Å². The number of rotatable bonds is 0. The summed E-state index contributed by atoms with van der Waals surface area (Å²) in [5.74, 6) is 6.12. The Kier molecular flexibility index (Phi) is 34.8. The van der Waals surface area contributed by atoms with Crippen molar-refractivity contribution >= 4 is 14.6 Å². The largest absolute Gasteiger partial charge is 2.00 e. The van der Waals surface area contributed by atoms with E-state index in [1.807, 2.05) is 0 Å². The summed E-state index contributed by atoms with van der Waals surface area (Å²) in [5.41, 5.74) is 0. The number of nitriles is 4. The molecule has 0 aromatic carbocycles. The van der Waals surface area contributed by atoms with Crippen molar-refractivity contribution in [1.29, 1.82) is 21.0 Å². The first-order valence-corrected chi connectivity index (χ1v) is 2.05. The third kappa shape index (κ3) is 55.7. The molecule has 0 amide bonds. The van der Waals surface area contributed by atoms with Crippen LogP contribution in [0.2, 0.25) is 0 Å². The number of hydrogen-bond acceptors (Lipinski definition) is 4. The summed E-state index contributed by atoms with van der Waals surface area (Å²) in [6.07, 6.45) is 0. The standard InChI is InChI=1S/2C2BN2.Ni/c2*4-1-3-2-5;/q2*-1;+2. The summed E-state index contributed by atoms with van der Waals surface area (Å²) < 4.78 is 0. The van der Waals surface area contributed by atoms with Crippen molar-refractivity contribution < 1.29 is 16.5 Å². The van der Waals surface area contributed by atoms with Crippen LogP contribution < -0.4 is 0 Å². The molecule has 0 saturated carbocycles. The van der Waals surface area contributed by atoms with Crippen molar-refractivity contribution in [3.63, 3.8) is 0 Å². The van der Waals surface area contributed by atoms with Gasteiger partial charge in [0.2, 0.25) is 0 Å². The molecule has 0 heterocycles. The summed E-state index contributed by atoms with van der Waals surface area (Å²) in [7, 11) is 1.72. The first-order chi connectivity index (χ1) is 4.83. The van der Waals surface area contributed by atoms with Gasteiger partial charge in [-0.25, -0.2) is 23.9 Å². The van der Waals surface area contributed by atoms with Crippen LogP contribution in [0.15, 0.2) is 0 Å². The summed E-state index contributed by atoms with van der Waals surface area (Å²) >= 11 is 0. The normalized spacial score (nSPS) is 4.00. The maximum atomic E-state index is 7.54. The van der Waals surface area contributed by atoms with Crippen LogP contribution in [0.3, 0.4) is 0 Å².